The first kappa shape index (κ1) is 21.8. The molecule has 2 unspecified atom stereocenters. The van der Waals surface area contributed by atoms with Crippen LogP contribution in [0, 0.1) is 11.3 Å². The van der Waals surface area contributed by atoms with Crippen LogP contribution >= 0.6 is 0 Å². The molecule has 0 N–H and O–H groups in total. The van der Waals surface area contributed by atoms with Crippen molar-refractivity contribution in [2.45, 2.75) is 52.5 Å². The maximum atomic E-state index is 12.1. The van der Waals surface area contributed by atoms with Gasteiger partial charge in [-0.05, 0) is 40.6 Å². The summed E-state index contributed by atoms with van der Waals surface area (Å²) in [7, 11) is -2.50. The van der Waals surface area contributed by atoms with Gasteiger partial charge in [0.1, 0.15) is 0 Å². The quantitative estimate of drug-likeness (QED) is 0.473. The second-order valence-corrected chi connectivity index (χ2v) is 13.7. The maximum absolute atomic E-state index is 12.1. The van der Waals surface area contributed by atoms with Gasteiger partial charge in [0.15, 0.2) is 0 Å². The molecule has 0 aliphatic heterocycles. The highest BCUT2D eigenvalue weighted by Gasteiger charge is 2.56. The molecule has 156 valence electrons. The topological polar surface area (TPSA) is 35.5 Å². The molecule has 2 aromatic rings. The third-order valence-corrected chi connectivity index (χ3v) is 11.4. The second-order valence-electron chi connectivity index (χ2n) is 9.42. The average Bonchev–Trinajstić information content (AvgIpc) is 3.38. The summed E-state index contributed by atoms with van der Waals surface area (Å²) < 4.78 is 12.2. The van der Waals surface area contributed by atoms with Crippen LogP contribution in [-0.4, -0.2) is 27.5 Å². The van der Waals surface area contributed by atoms with E-state index in [0.29, 0.717) is 13.2 Å². The zero-order valence-corrected chi connectivity index (χ0v) is 19.4. The highest BCUT2D eigenvalue weighted by molar-refractivity contribution is 6.99. The zero-order chi connectivity index (χ0) is 21.1. The number of carbonyl (C=O) groups is 1. The molecule has 0 heterocycles. The van der Waals surface area contributed by atoms with E-state index >= 15 is 0 Å². The number of rotatable bonds is 8. The number of carbonyl (C=O) groups excluding carboxylic acids is 1. The Hall–Kier alpha value is -1.91. The molecule has 29 heavy (non-hydrogen) atoms. The molecule has 4 heteroatoms. The molecule has 3 nitrogen and oxygen atoms in total. The predicted octanol–water partition coefficient (Wildman–Crippen LogP) is 4.54. The van der Waals surface area contributed by atoms with Gasteiger partial charge in [-0.3, -0.25) is 4.79 Å². The van der Waals surface area contributed by atoms with Crippen LogP contribution in [0.25, 0.3) is 0 Å². The van der Waals surface area contributed by atoms with E-state index in [1.807, 2.05) is 6.92 Å². The Labute approximate surface area is 176 Å². The third-order valence-electron chi connectivity index (χ3n) is 6.33. The molecule has 1 aliphatic carbocycles. The SMILES string of the molecule is CCOC(=O)C1CC1(C)CCO[Si](c1ccccc1)(c1ccccc1)C(C)(C)C. The Morgan fingerprint density at radius 3 is 2.00 bits per heavy atom. The lowest BCUT2D eigenvalue weighted by atomic mass is 10.0. The van der Waals surface area contributed by atoms with Crippen LogP contribution in [0.5, 0.6) is 0 Å². The van der Waals surface area contributed by atoms with Crippen LogP contribution in [0.2, 0.25) is 5.04 Å². The van der Waals surface area contributed by atoms with Crippen LogP contribution in [-0.2, 0) is 14.0 Å². The normalized spacial score (nSPS) is 21.6. The first-order valence-electron chi connectivity index (χ1n) is 10.7. The Kier molecular flexibility index (Phi) is 6.35. The molecule has 2 atom stereocenters. The first-order chi connectivity index (χ1) is 13.7. The summed E-state index contributed by atoms with van der Waals surface area (Å²) in [4.78, 5) is 12.1. The largest absolute Gasteiger partial charge is 0.466 e. The van der Waals surface area contributed by atoms with Crippen LogP contribution in [0.4, 0.5) is 0 Å². The van der Waals surface area contributed by atoms with E-state index in [1.54, 1.807) is 0 Å². The van der Waals surface area contributed by atoms with E-state index in [-0.39, 0.29) is 22.3 Å². The van der Waals surface area contributed by atoms with Crippen molar-refractivity contribution in [3.05, 3.63) is 60.7 Å². The van der Waals surface area contributed by atoms with Gasteiger partial charge in [-0.1, -0.05) is 88.4 Å². The summed E-state index contributed by atoms with van der Waals surface area (Å²) in [6, 6.07) is 21.4. The Balaban J connectivity index is 1.86. The van der Waals surface area contributed by atoms with Gasteiger partial charge in [-0.2, -0.15) is 0 Å². The highest BCUT2D eigenvalue weighted by atomic mass is 28.4. The molecule has 3 rings (SSSR count). The van der Waals surface area contributed by atoms with Crippen molar-refractivity contribution in [1.82, 2.24) is 0 Å². The van der Waals surface area contributed by atoms with E-state index in [4.69, 9.17) is 9.16 Å². The minimum Gasteiger partial charge on any atom is -0.466 e. The summed E-state index contributed by atoms with van der Waals surface area (Å²) in [6.07, 6.45) is 1.77. The molecular weight excluding hydrogens is 376 g/mol. The van der Waals surface area contributed by atoms with Crippen molar-refractivity contribution < 1.29 is 14.0 Å². The van der Waals surface area contributed by atoms with Gasteiger partial charge in [0, 0.05) is 6.61 Å². The van der Waals surface area contributed by atoms with Gasteiger partial charge in [0.2, 0.25) is 0 Å². The van der Waals surface area contributed by atoms with Crippen molar-refractivity contribution in [2.24, 2.45) is 11.3 Å². The average molecular weight is 411 g/mol. The van der Waals surface area contributed by atoms with Crippen molar-refractivity contribution in [2.75, 3.05) is 13.2 Å². The fraction of sp³-hybridized carbons (Fsp3) is 0.480. The van der Waals surface area contributed by atoms with Crippen LogP contribution in [0.1, 0.15) is 47.5 Å². The van der Waals surface area contributed by atoms with Gasteiger partial charge in [0.05, 0.1) is 12.5 Å². The van der Waals surface area contributed by atoms with Crippen LogP contribution in [0.3, 0.4) is 0 Å². The summed E-state index contributed by atoms with van der Waals surface area (Å²) in [5, 5.41) is 2.56. The van der Waals surface area contributed by atoms with Gasteiger partial charge in [-0.15, -0.1) is 0 Å². The molecule has 0 aromatic heterocycles. The lowest BCUT2D eigenvalue weighted by molar-refractivity contribution is -0.145. The minimum absolute atomic E-state index is 0.00233. The fourth-order valence-electron chi connectivity index (χ4n) is 4.49. The Morgan fingerprint density at radius 1 is 1.03 bits per heavy atom. The predicted molar refractivity (Wildman–Crippen MR) is 121 cm³/mol. The minimum atomic E-state index is -2.50. The Morgan fingerprint density at radius 2 is 1.55 bits per heavy atom. The highest BCUT2D eigenvalue weighted by Crippen LogP contribution is 2.55. The van der Waals surface area contributed by atoms with Gasteiger partial charge >= 0.3 is 5.97 Å². The van der Waals surface area contributed by atoms with Crippen molar-refractivity contribution in [1.29, 1.82) is 0 Å². The monoisotopic (exact) mass is 410 g/mol. The van der Waals surface area contributed by atoms with E-state index in [1.165, 1.54) is 10.4 Å². The molecule has 0 spiro atoms. The molecule has 0 bridgehead atoms. The third kappa shape index (κ3) is 4.34. The van der Waals surface area contributed by atoms with Crippen LogP contribution in [0.15, 0.2) is 60.7 Å². The summed E-state index contributed by atoms with van der Waals surface area (Å²) in [5.74, 6) is -0.0364. The van der Waals surface area contributed by atoms with E-state index < -0.39 is 8.32 Å². The summed E-state index contributed by atoms with van der Waals surface area (Å²) in [6.45, 7) is 12.0. The molecule has 0 radical (unpaired) electrons. The molecule has 1 fully saturated rings. The number of hydrogen-bond donors (Lipinski definition) is 0. The number of ether oxygens (including phenoxy) is 1. The van der Waals surface area contributed by atoms with Gasteiger partial charge in [-0.25, -0.2) is 0 Å². The maximum Gasteiger partial charge on any atom is 0.309 e. The lowest BCUT2D eigenvalue weighted by Crippen LogP contribution is -2.66. The van der Waals surface area contributed by atoms with Crippen molar-refractivity contribution >= 4 is 24.7 Å². The number of benzene rings is 2. The molecule has 1 saturated carbocycles. The summed E-state index contributed by atoms with van der Waals surface area (Å²) >= 11 is 0. The van der Waals surface area contributed by atoms with Crippen LogP contribution < -0.4 is 10.4 Å². The molecule has 1 aliphatic rings. The number of esters is 1. The van der Waals surface area contributed by atoms with Gasteiger partial charge in [0.25, 0.3) is 8.32 Å². The Bertz CT molecular complexity index is 773. The molecule has 0 amide bonds. The molecule has 2 aromatic carbocycles. The van der Waals surface area contributed by atoms with E-state index in [0.717, 1.165) is 12.8 Å². The van der Waals surface area contributed by atoms with Gasteiger partial charge < -0.3 is 9.16 Å². The zero-order valence-electron chi connectivity index (χ0n) is 18.4. The number of hydrogen-bond acceptors (Lipinski definition) is 3. The van der Waals surface area contributed by atoms with E-state index in [2.05, 4.69) is 88.4 Å². The molecule has 0 saturated heterocycles. The second kappa shape index (κ2) is 8.45. The lowest BCUT2D eigenvalue weighted by Gasteiger charge is -2.43. The molecular formula is C25H34O3Si. The van der Waals surface area contributed by atoms with Crippen molar-refractivity contribution in [3.63, 3.8) is 0 Å². The van der Waals surface area contributed by atoms with Crippen molar-refractivity contribution in [3.8, 4) is 0 Å². The summed E-state index contributed by atoms with van der Waals surface area (Å²) in [5.41, 5.74) is -0.00233. The smallest absolute Gasteiger partial charge is 0.309 e. The van der Waals surface area contributed by atoms with E-state index in [9.17, 15) is 4.79 Å². The standard InChI is InChI=1S/C25H34O3Si/c1-6-27-23(26)22-19-25(22,5)17-18-28-29(24(2,3)4,20-13-9-7-10-14-20)21-15-11-8-12-16-21/h7-16,22H,6,17-19H2,1-5H3. The first-order valence-corrected chi connectivity index (χ1v) is 12.6. The fourth-order valence-corrected chi connectivity index (χ4v) is 9.06.